The van der Waals surface area contributed by atoms with Crippen molar-refractivity contribution in [3.05, 3.63) is 35.9 Å². The number of methoxy groups -OCH3 is 1. The molecular weight excluding hydrogens is 414 g/mol. The standard InChI is InChI=1S/C27H43N3O3/c1-22(2)21-24-25(31)30(17-10-20-33-3)27(26(32)28-24)14-18-29(19-15-27)16-9-5-8-13-23-11-6-4-7-12-23/h4,6-7,11-12,22,24H,5,8-10,13-21H2,1-3H3,(H,28,32)/t24-/m0/s1. The molecule has 2 saturated heterocycles. The molecule has 2 amide bonds. The highest BCUT2D eigenvalue weighted by molar-refractivity contribution is 6.00. The van der Waals surface area contributed by atoms with E-state index in [-0.39, 0.29) is 11.8 Å². The van der Waals surface area contributed by atoms with E-state index in [1.165, 1.54) is 24.8 Å². The van der Waals surface area contributed by atoms with Gasteiger partial charge in [0.15, 0.2) is 0 Å². The summed E-state index contributed by atoms with van der Waals surface area (Å²) < 4.78 is 5.22. The highest BCUT2D eigenvalue weighted by atomic mass is 16.5. The number of rotatable bonds is 12. The predicted molar refractivity (Wildman–Crippen MR) is 132 cm³/mol. The third-order valence-corrected chi connectivity index (χ3v) is 7.21. The van der Waals surface area contributed by atoms with E-state index >= 15 is 0 Å². The lowest BCUT2D eigenvalue weighted by Crippen LogP contribution is -2.73. The highest BCUT2D eigenvalue weighted by Gasteiger charge is 2.53. The summed E-state index contributed by atoms with van der Waals surface area (Å²) in [4.78, 5) is 31.1. The van der Waals surface area contributed by atoms with E-state index in [0.717, 1.165) is 45.3 Å². The maximum atomic E-state index is 13.4. The average Bonchev–Trinajstić information content (AvgIpc) is 2.81. The van der Waals surface area contributed by atoms with E-state index in [1.807, 2.05) is 4.90 Å². The summed E-state index contributed by atoms with van der Waals surface area (Å²) in [5.41, 5.74) is 0.719. The molecule has 0 aliphatic carbocycles. The number of ether oxygens (including phenoxy) is 1. The van der Waals surface area contributed by atoms with Crippen LogP contribution in [0.25, 0.3) is 0 Å². The lowest BCUT2D eigenvalue weighted by molar-refractivity contribution is -0.162. The molecule has 0 aromatic heterocycles. The van der Waals surface area contributed by atoms with E-state index < -0.39 is 11.6 Å². The minimum atomic E-state index is -0.692. The van der Waals surface area contributed by atoms with Crippen molar-refractivity contribution in [3.63, 3.8) is 0 Å². The van der Waals surface area contributed by atoms with Gasteiger partial charge < -0.3 is 19.9 Å². The zero-order chi connectivity index (χ0) is 23.7. The lowest BCUT2D eigenvalue weighted by Gasteiger charge is -2.52. The Kier molecular flexibility index (Phi) is 9.75. The van der Waals surface area contributed by atoms with Gasteiger partial charge >= 0.3 is 0 Å². The molecule has 0 unspecified atom stereocenters. The van der Waals surface area contributed by atoms with Crippen molar-refractivity contribution in [2.75, 3.05) is 39.9 Å². The number of hydrogen-bond donors (Lipinski definition) is 1. The number of hydrogen-bond acceptors (Lipinski definition) is 4. The highest BCUT2D eigenvalue weighted by Crippen LogP contribution is 2.34. The molecule has 1 aromatic carbocycles. The third kappa shape index (κ3) is 6.80. The van der Waals surface area contributed by atoms with Gasteiger partial charge in [-0.15, -0.1) is 0 Å². The Morgan fingerprint density at radius 1 is 1.03 bits per heavy atom. The summed E-state index contributed by atoms with van der Waals surface area (Å²) in [6, 6.07) is 10.3. The van der Waals surface area contributed by atoms with Crippen molar-refractivity contribution in [3.8, 4) is 0 Å². The molecule has 2 heterocycles. The zero-order valence-corrected chi connectivity index (χ0v) is 20.9. The first-order valence-electron chi connectivity index (χ1n) is 12.8. The van der Waals surface area contributed by atoms with Crippen LogP contribution in [0.3, 0.4) is 0 Å². The molecular formula is C27H43N3O3. The van der Waals surface area contributed by atoms with Crippen LogP contribution in [0.4, 0.5) is 0 Å². The second-order valence-electron chi connectivity index (χ2n) is 10.2. The number of nitrogens with one attached hydrogen (secondary N) is 1. The molecule has 184 valence electrons. The molecule has 1 spiro atoms. The Bertz CT molecular complexity index is 744. The van der Waals surface area contributed by atoms with Gasteiger partial charge in [0.25, 0.3) is 0 Å². The van der Waals surface area contributed by atoms with Gasteiger partial charge in [0.2, 0.25) is 11.8 Å². The van der Waals surface area contributed by atoms with Gasteiger partial charge in [0, 0.05) is 33.4 Å². The first-order valence-corrected chi connectivity index (χ1v) is 12.8. The summed E-state index contributed by atoms with van der Waals surface area (Å²) in [6.07, 6.45) is 7.64. The van der Waals surface area contributed by atoms with Crippen LogP contribution in [0.1, 0.15) is 64.4 Å². The largest absolute Gasteiger partial charge is 0.385 e. The minimum Gasteiger partial charge on any atom is -0.385 e. The molecule has 0 bridgehead atoms. The Labute approximate surface area is 200 Å². The number of piperidine rings is 1. The van der Waals surface area contributed by atoms with Crippen LogP contribution in [0.5, 0.6) is 0 Å². The topological polar surface area (TPSA) is 61.9 Å². The van der Waals surface area contributed by atoms with Crippen molar-refractivity contribution in [1.82, 2.24) is 15.1 Å². The molecule has 2 fully saturated rings. The molecule has 2 aliphatic rings. The fraction of sp³-hybridized carbons (Fsp3) is 0.704. The Morgan fingerprint density at radius 2 is 1.76 bits per heavy atom. The molecule has 1 N–H and O–H groups in total. The summed E-state index contributed by atoms with van der Waals surface area (Å²) in [7, 11) is 1.68. The SMILES string of the molecule is COCCCN1C(=O)[C@H](CC(C)C)NC(=O)C12CCN(CCCCCc1ccccc1)CC2. The molecule has 0 saturated carbocycles. The van der Waals surface area contributed by atoms with E-state index in [9.17, 15) is 9.59 Å². The first kappa shape index (κ1) is 25.7. The summed E-state index contributed by atoms with van der Waals surface area (Å²) >= 11 is 0. The van der Waals surface area contributed by atoms with Crippen LogP contribution in [0.15, 0.2) is 30.3 Å². The predicted octanol–water partition coefficient (Wildman–Crippen LogP) is 3.64. The number of amides is 2. The van der Waals surface area contributed by atoms with E-state index in [4.69, 9.17) is 4.74 Å². The zero-order valence-electron chi connectivity index (χ0n) is 20.9. The van der Waals surface area contributed by atoms with E-state index in [2.05, 4.69) is 54.4 Å². The number of carbonyl (C=O) groups is 2. The van der Waals surface area contributed by atoms with Crippen LogP contribution < -0.4 is 5.32 Å². The van der Waals surface area contributed by atoms with Gasteiger partial charge in [0.05, 0.1) is 0 Å². The number of piperazine rings is 1. The second kappa shape index (κ2) is 12.5. The molecule has 6 heteroatoms. The molecule has 0 radical (unpaired) electrons. The maximum Gasteiger partial charge on any atom is 0.246 e. The van der Waals surface area contributed by atoms with Crippen molar-refractivity contribution in [2.45, 2.75) is 76.8 Å². The molecule has 1 atom stereocenters. The van der Waals surface area contributed by atoms with Crippen LogP contribution in [0.2, 0.25) is 0 Å². The minimum absolute atomic E-state index is 0.0488. The first-order chi connectivity index (χ1) is 16.0. The Balaban J connectivity index is 1.51. The number of benzene rings is 1. The van der Waals surface area contributed by atoms with Crippen molar-refractivity contribution < 1.29 is 14.3 Å². The normalized spacial score (nSPS) is 21.1. The van der Waals surface area contributed by atoms with E-state index in [1.54, 1.807) is 7.11 Å². The Hall–Kier alpha value is -1.92. The number of nitrogens with zero attached hydrogens (tertiary/aromatic N) is 2. The molecule has 33 heavy (non-hydrogen) atoms. The van der Waals surface area contributed by atoms with Crippen LogP contribution in [0, 0.1) is 5.92 Å². The molecule has 3 rings (SSSR count). The average molecular weight is 458 g/mol. The monoisotopic (exact) mass is 457 g/mol. The van der Waals surface area contributed by atoms with Gasteiger partial charge in [0.1, 0.15) is 11.6 Å². The summed E-state index contributed by atoms with van der Waals surface area (Å²) in [5.74, 6) is 0.499. The van der Waals surface area contributed by atoms with Gasteiger partial charge in [-0.2, -0.15) is 0 Å². The van der Waals surface area contributed by atoms with Gasteiger partial charge in [-0.3, -0.25) is 9.59 Å². The molecule has 1 aromatic rings. The van der Waals surface area contributed by atoms with Crippen molar-refractivity contribution >= 4 is 11.8 Å². The third-order valence-electron chi connectivity index (χ3n) is 7.21. The van der Waals surface area contributed by atoms with Gasteiger partial charge in [-0.1, -0.05) is 50.6 Å². The van der Waals surface area contributed by atoms with E-state index in [0.29, 0.717) is 25.5 Å². The fourth-order valence-corrected chi connectivity index (χ4v) is 5.33. The number of likely N-dealkylation sites (tertiary alicyclic amines) is 1. The van der Waals surface area contributed by atoms with Crippen LogP contribution in [-0.2, 0) is 20.7 Å². The second-order valence-corrected chi connectivity index (χ2v) is 10.2. The van der Waals surface area contributed by atoms with Crippen molar-refractivity contribution in [2.24, 2.45) is 5.92 Å². The van der Waals surface area contributed by atoms with Crippen LogP contribution in [-0.4, -0.2) is 73.1 Å². The number of unbranched alkanes of at least 4 members (excludes halogenated alkanes) is 2. The lowest BCUT2D eigenvalue weighted by atomic mass is 9.80. The quantitative estimate of drug-likeness (QED) is 0.487. The smallest absolute Gasteiger partial charge is 0.246 e. The molecule has 2 aliphatic heterocycles. The maximum absolute atomic E-state index is 13.4. The van der Waals surface area contributed by atoms with Gasteiger partial charge in [-0.05, 0) is 63.0 Å². The summed E-state index contributed by atoms with van der Waals surface area (Å²) in [6.45, 7) is 8.19. The molecule has 6 nitrogen and oxygen atoms in total. The van der Waals surface area contributed by atoms with Gasteiger partial charge in [-0.25, -0.2) is 0 Å². The summed E-state index contributed by atoms with van der Waals surface area (Å²) in [5, 5.41) is 3.09. The Morgan fingerprint density at radius 3 is 2.42 bits per heavy atom. The van der Waals surface area contributed by atoms with Crippen LogP contribution >= 0.6 is 0 Å². The number of carbonyl (C=O) groups excluding carboxylic acids is 2. The fourth-order valence-electron chi connectivity index (χ4n) is 5.33. The number of aryl methyl sites for hydroxylation is 1. The van der Waals surface area contributed by atoms with Crippen molar-refractivity contribution in [1.29, 1.82) is 0 Å².